The standard InChI is InChI=1S/C24H28ClNO/c1-14-10-20(17-6-7-19(16-4-5-16)21(25)11-17)15(2)18-8-9-22(23(14)18)26-12-24(3,27)13-26/h6-7,10-11,16,22,27H,4-5,8-9,12-13H2,1-3H3. The molecule has 2 fully saturated rings. The van der Waals surface area contributed by atoms with Crippen LogP contribution < -0.4 is 0 Å². The molecule has 1 N–H and O–H groups in total. The normalized spacial score (nSPS) is 24.0. The van der Waals surface area contributed by atoms with Crippen molar-refractivity contribution in [2.45, 2.75) is 64.0 Å². The lowest BCUT2D eigenvalue weighted by atomic mass is 9.87. The Kier molecular flexibility index (Phi) is 3.99. The van der Waals surface area contributed by atoms with Crippen molar-refractivity contribution < 1.29 is 5.11 Å². The van der Waals surface area contributed by atoms with Crippen molar-refractivity contribution >= 4 is 11.6 Å². The Morgan fingerprint density at radius 2 is 1.85 bits per heavy atom. The molecule has 0 radical (unpaired) electrons. The van der Waals surface area contributed by atoms with E-state index >= 15 is 0 Å². The van der Waals surface area contributed by atoms with E-state index in [2.05, 4.69) is 43.0 Å². The highest BCUT2D eigenvalue weighted by Gasteiger charge is 2.43. The Morgan fingerprint density at radius 3 is 2.48 bits per heavy atom. The van der Waals surface area contributed by atoms with Crippen LogP contribution in [0.25, 0.3) is 11.1 Å². The number of rotatable bonds is 3. The molecule has 0 bridgehead atoms. The van der Waals surface area contributed by atoms with E-state index < -0.39 is 5.60 Å². The summed E-state index contributed by atoms with van der Waals surface area (Å²) in [6.07, 6.45) is 4.85. The van der Waals surface area contributed by atoms with Gasteiger partial charge < -0.3 is 5.11 Å². The molecule has 1 saturated carbocycles. The third-order valence-electron chi connectivity index (χ3n) is 6.83. The van der Waals surface area contributed by atoms with E-state index in [0.29, 0.717) is 12.0 Å². The number of hydrogen-bond acceptors (Lipinski definition) is 2. The first kappa shape index (κ1) is 17.7. The van der Waals surface area contributed by atoms with Gasteiger partial charge in [-0.15, -0.1) is 0 Å². The number of halogens is 1. The van der Waals surface area contributed by atoms with E-state index in [1.807, 2.05) is 6.92 Å². The third kappa shape index (κ3) is 2.93. The van der Waals surface area contributed by atoms with E-state index in [9.17, 15) is 5.11 Å². The molecule has 2 aliphatic carbocycles. The van der Waals surface area contributed by atoms with Crippen molar-refractivity contribution in [1.82, 2.24) is 4.90 Å². The lowest BCUT2D eigenvalue weighted by Crippen LogP contribution is -2.60. The van der Waals surface area contributed by atoms with Gasteiger partial charge in [-0.3, -0.25) is 4.90 Å². The third-order valence-corrected chi connectivity index (χ3v) is 7.15. The molecule has 5 rings (SSSR count). The summed E-state index contributed by atoms with van der Waals surface area (Å²) in [6.45, 7) is 8.03. The predicted octanol–water partition coefficient (Wildman–Crippen LogP) is 5.56. The molecule has 1 heterocycles. The first-order valence-electron chi connectivity index (χ1n) is 10.2. The molecule has 3 heteroatoms. The molecule has 3 aliphatic rings. The zero-order valence-corrected chi connectivity index (χ0v) is 17.2. The lowest BCUT2D eigenvalue weighted by Gasteiger charge is -2.48. The van der Waals surface area contributed by atoms with Crippen LogP contribution in [-0.2, 0) is 6.42 Å². The van der Waals surface area contributed by atoms with Gasteiger partial charge in [0.2, 0.25) is 0 Å². The number of hydrogen-bond donors (Lipinski definition) is 1. The minimum atomic E-state index is -0.508. The van der Waals surface area contributed by atoms with Crippen molar-refractivity contribution in [3.63, 3.8) is 0 Å². The number of nitrogens with zero attached hydrogens (tertiary/aromatic N) is 1. The summed E-state index contributed by atoms with van der Waals surface area (Å²) in [5.74, 6) is 0.684. The van der Waals surface area contributed by atoms with Gasteiger partial charge in [-0.2, -0.15) is 0 Å². The number of fused-ring (bicyclic) bond motifs is 1. The highest BCUT2D eigenvalue weighted by atomic mass is 35.5. The van der Waals surface area contributed by atoms with Crippen LogP contribution in [0.3, 0.4) is 0 Å². The number of β-amino-alcohol motifs (C(OH)–C–C–N with tert-alkyl or cyclic N) is 1. The Balaban J connectivity index is 1.51. The van der Waals surface area contributed by atoms with Crippen molar-refractivity contribution in [2.75, 3.05) is 13.1 Å². The molecule has 1 aliphatic heterocycles. The molecule has 2 aromatic rings. The second-order valence-electron chi connectivity index (χ2n) is 9.23. The van der Waals surface area contributed by atoms with Gasteiger partial charge in [0, 0.05) is 24.2 Å². The fourth-order valence-corrected chi connectivity index (χ4v) is 5.69. The van der Waals surface area contributed by atoms with Crippen LogP contribution in [-0.4, -0.2) is 28.7 Å². The highest BCUT2D eigenvalue weighted by Crippen LogP contribution is 2.47. The van der Waals surface area contributed by atoms with Crippen LogP contribution >= 0.6 is 11.6 Å². The fraction of sp³-hybridized carbons (Fsp3) is 0.500. The molecule has 27 heavy (non-hydrogen) atoms. The summed E-state index contributed by atoms with van der Waals surface area (Å²) in [4.78, 5) is 2.44. The van der Waals surface area contributed by atoms with E-state index in [1.54, 1.807) is 0 Å². The van der Waals surface area contributed by atoms with E-state index in [4.69, 9.17) is 11.6 Å². The zero-order valence-electron chi connectivity index (χ0n) is 16.5. The summed E-state index contributed by atoms with van der Waals surface area (Å²) in [5, 5.41) is 11.1. The van der Waals surface area contributed by atoms with Crippen molar-refractivity contribution in [2.24, 2.45) is 0 Å². The zero-order chi connectivity index (χ0) is 18.9. The Labute approximate surface area is 167 Å². The van der Waals surface area contributed by atoms with Crippen LogP contribution in [0.4, 0.5) is 0 Å². The van der Waals surface area contributed by atoms with Crippen LogP contribution in [0.15, 0.2) is 24.3 Å². The minimum absolute atomic E-state index is 0.466. The number of aliphatic hydroxyl groups is 1. The molecular weight excluding hydrogens is 354 g/mol. The van der Waals surface area contributed by atoms with Gasteiger partial charge in [0.25, 0.3) is 0 Å². The molecule has 0 spiro atoms. The van der Waals surface area contributed by atoms with E-state index in [0.717, 1.165) is 31.0 Å². The molecule has 142 valence electrons. The Hall–Kier alpha value is -1.35. The van der Waals surface area contributed by atoms with Crippen LogP contribution in [0, 0.1) is 13.8 Å². The smallest absolute Gasteiger partial charge is 0.0872 e. The quantitative estimate of drug-likeness (QED) is 0.752. The largest absolute Gasteiger partial charge is 0.388 e. The number of likely N-dealkylation sites (tertiary alicyclic amines) is 1. The molecule has 1 saturated heterocycles. The van der Waals surface area contributed by atoms with Gasteiger partial charge in [0.1, 0.15) is 0 Å². The predicted molar refractivity (Wildman–Crippen MR) is 112 cm³/mol. The number of benzene rings is 2. The van der Waals surface area contributed by atoms with Gasteiger partial charge in [-0.05, 0) is 97.4 Å². The summed E-state index contributed by atoms with van der Waals surface area (Å²) < 4.78 is 0. The topological polar surface area (TPSA) is 23.5 Å². The highest BCUT2D eigenvalue weighted by molar-refractivity contribution is 6.31. The maximum atomic E-state index is 10.1. The summed E-state index contributed by atoms with van der Waals surface area (Å²) in [7, 11) is 0. The molecule has 2 aromatic carbocycles. The molecule has 1 atom stereocenters. The minimum Gasteiger partial charge on any atom is -0.388 e. The Morgan fingerprint density at radius 1 is 1.11 bits per heavy atom. The van der Waals surface area contributed by atoms with Crippen LogP contribution in [0.2, 0.25) is 5.02 Å². The maximum absolute atomic E-state index is 10.1. The SMILES string of the molecule is Cc1cc(-c2ccc(C3CC3)c(Cl)c2)c(C)c2c1C(N1CC(C)(O)C1)CC2. The van der Waals surface area contributed by atoms with E-state index in [1.165, 1.54) is 51.8 Å². The second kappa shape index (κ2) is 6.07. The van der Waals surface area contributed by atoms with Gasteiger partial charge >= 0.3 is 0 Å². The van der Waals surface area contributed by atoms with Crippen molar-refractivity contribution in [3.05, 3.63) is 57.1 Å². The first-order chi connectivity index (χ1) is 12.8. The molecular formula is C24H28ClNO. The summed E-state index contributed by atoms with van der Waals surface area (Å²) in [6, 6.07) is 9.48. The summed E-state index contributed by atoms with van der Waals surface area (Å²) in [5.41, 5.74) is 9.18. The molecule has 1 unspecified atom stereocenters. The Bertz CT molecular complexity index is 920. The molecule has 2 nitrogen and oxygen atoms in total. The number of aryl methyl sites for hydroxylation is 1. The lowest BCUT2D eigenvalue weighted by molar-refractivity contribution is -0.103. The van der Waals surface area contributed by atoms with E-state index in [-0.39, 0.29) is 0 Å². The van der Waals surface area contributed by atoms with Crippen LogP contribution in [0.5, 0.6) is 0 Å². The monoisotopic (exact) mass is 381 g/mol. The average Bonchev–Trinajstić information content (AvgIpc) is 3.33. The first-order valence-corrected chi connectivity index (χ1v) is 10.6. The van der Waals surface area contributed by atoms with Gasteiger partial charge in [0.05, 0.1) is 5.60 Å². The van der Waals surface area contributed by atoms with Crippen molar-refractivity contribution in [1.29, 1.82) is 0 Å². The maximum Gasteiger partial charge on any atom is 0.0872 e. The van der Waals surface area contributed by atoms with Gasteiger partial charge in [-0.1, -0.05) is 29.8 Å². The average molecular weight is 382 g/mol. The molecule has 0 amide bonds. The fourth-order valence-electron chi connectivity index (χ4n) is 5.35. The molecule has 0 aromatic heterocycles. The van der Waals surface area contributed by atoms with Crippen LogP contribution in [0.1, 0.15) is 66.0 Å². The van der Waals surface area contributed by atoms with Gasteiger partial charge in [-0.25, -0.2) is 0 Å². The second-order valence-corrected chi connectivity index (χ2v) is 9.63. The summed E-state index contributed by atoms with van der Waals surface area (Å²) >= 11 is 6.61. The van der Waals surface area contributed by atoms with Gasteiger partial charge in [0.15, 0.2) is 0 Å². The van der Waals surface area contributed by atoms with Crippen molar-refractivity contribution in [3.8, 4) is 11.1 Å².